The number of hydrogen-bond donors (Lipinski definition) is 1. The second-order valence-electron chi connectivity index (χ2n) is 6.66. The number of aryl methyl sites for hydroxylation is 1. The van der Waals surface area contributed by atoms with Crippen molar-refractivity contribution >= 4 is 39.1 Å². The molecule has 0 radical (unpaired) electrons. The third-order valence-electron chi connectivity index (χ3n) is 4.51. The molecule has 4 aromatic rings. The molecule has 3 heterocycles. The van der Waals surface area contributed by atoms with Crippen molar-refractivity contribution in [3.05, 3.63) is 69.8 Å². The van der Waals surface area contributed by atoms with Crippen LogP contribution in [-0.2, 0) is 16.0 Å². The van der Waals surface area contributed by atoms with E-state index < -0.39 is 5.97 Å². The molecule has 0 aliphatic carbocycles. The lowest BCUT2D eigenvalue weighted by Gasteiger charge is -2.02. The molecule has 0 aliphatic rings. The van der Waals surface area contributed by atoms with Crippen LogP contribution in [0.3, 0.4) is 0 Å². The maximum atomic E-state index is 13.3. The number of hydrogen-bond acceptors (Lipinski definition) is 7. The van der Waals surface area contributed by atoms with E-state index >= 15 is 0 Å². The van der Waals surface area contributed by atoms with Crippen molar-refractivity contribution in [2.45, 2.75) is 20.3 Å². The number of ether oxygens (including phenoxy) is 1. The zero-order chi connectivity index (χ0) is 21.3. The molecule has 9 heteroatoms. The van der Waals surface area contributed by atoms with Gasteiger partial charge in [0.15, 0.2) is 5.82 Å². The van der Waals surface area contributed by atoms with E-state index in [-0.39, 0.29) is 12.0 Å². The third-order valence-corrected chi connectivity index (χ3v) is 5.53. The van der Waals surface area contributed by atoms with Crippen LogP contribution in [0.4, 0.5) is 5.82 Å². The zero-order valence-corrected chi connectivity index (χ0v) is 17.5. The van der Waals surface area contributed by atoms with Gasteiger partial charge in [-0.3, -0.25) is 14.7 Å². The molecule has 0 unspecified atom stereocenters. The molecule has 0 spiro atoms. The van der Waals surface area contributed by atoms with E-state index in [9.17, 15) is 9.59 Å². The van der Waals surface area contributed by atoms with Crippen LogP contribution in [0.15, 0.2) is 52.3 Å². The summed E-state index contributed by atoms with van der Waals surface area (Å²) in [5.41, 5.74) is 2.46. The molecule has 0 fully saturated rings. The SMILES string of the molecule is COC(=O)Cc1[nH]n(-c2nc3ccccc3s2)c(=O)c1/C(C)=N\c1cccc(C)n1. The van der Waals surface area contributed by atoms with Gasteiger partial charge in [0.2, 0.25) is 5.13 Å². The number of aliphatic imine (C=N–C) groups is 1. The van der Waals surface area contributed by atoms with Gasteiger partial charge in [-0.25, -0.2) is 15.0 Å². The van der Waals surface area contributed by atoms with Crippen LogP contribution in [0.5, 0.6) is 0 Å². The monoisotopic (exact) mass is 421 g/mol. The van der Waals surface area contributed by atoms with Crippen LogP contribution in [-0.4, -0.2) is 38.5 Å². The number of thiazole rings is 1. The normalized spacial score (nSPS) is 11.8. The van der Waals surface area contributed by atoms with Crippen LogP contribution in [0.2, 0.25) is 0 Å². The molecular formula is C21H19N5O3S. The van der Waals surface area contributed by atoms with E-state index in [0.717, 1.165) is 15.9 Å². The van der Waals surface area contributed by atoms with Gasteiger partial charge >= 0.3 is 5.97 Å². The number of nitrogens with zero attached hydrogens (tertiary/aromatic N) is 4. The number of aromatic amines is 1. The first-order valence-corrected chi connectivity index (χ1v) is 10.0. The maximum Gasteiger partial charge on any atom is 0.311 e. The van der Waals surface area contributed by atoms with E-state index in [1.807, 2.05) is 43.3 Å². The molecule has 0 saturated carbocycles. The lowest BCUT2D eigenvalue weighted by Crippen LogP contribution is -2.20. The highest BCUT2D eigenvalue weighted by Crippen LogP contribution is 2.24. The van der Waals surface area contributed by atoms with Gasteiger partial charge in [-0.2, -0.15) is 4.68 Å². The lowest BCUT2D eigenvalue weighted by molar-refractivity contribution is -0.139. The number of fused-ring (bicyclic) bond motifs is 1. The molecule has 4 rings (SSSR count). The first kappa shape index (κ1) is 19.7. The van der Waals surface area contributed by atoms with Crippen molar-refractivity contribution in [1.29, 1.82) is 0 Å². The molecule has 1 aromatic carbocycles. The van der Waals surface area contributed by atoms with E-state index in [2.05, 4.69) is 20.1 Å². The molecule has 3 aromatic heterocycles. The van der Waals surface area contributed by atoms with Crippen molar-refractivity contribution < 1.29 is 9.53 Å². The van der Waals surface area contributed by atoms with Gasteiger partial charge in [0.25, 0.3) is 5.56 Å². The second-order valence-corrected chi connectivity index (χ2v) is 7.67. The minimum absolute atomic E-state index is 0.0902. The van der Waals surface area contributed by atoms with E-state index in [4.69, 9.17) is 4.74 Å². The molecule has 0 aliphatic heterocycles. The Balaban J connectivity index is 1.85. The van der Waals surface area contributed by atoms with Crippen molar-refractivity contribution in [2.24, 2.45) is 4.99 Å². The Morgan fingerprint density at radius 1 is 1.20 bits per heavy atom. The number of benzene rings is 1. The Bertz CT molecular complexity index is 1300. The average molecular weight is 421 g/mol. The fraction of sp³-hybridized carbons (Fsp3) is 0.190. The molecule has 0 amide bonds. The highest BCUT2D eigenvalue weighted by atomic mass is 32.1. The van der Waals surface area contributed by atoms with Gasteiger partial charge in [0.1, 0.15) is 0 Å². The van der Waals surface area contributed by atoms with Gasteiger partial charge < -0.3 is 4.74 Å². The van der Waals surface area contributed by atoms with Crippen molar-refractivity contribution in [1.82, 2.24) is 19.7 Å². The molecule has 30 heavy (non-hydrogen) atoms. The average Bonchev–Trinajstić information content (AvgIpc) is 3.28. The van der Waals surface area contributed by atoms with Crippen molar-refractivity contribution in [3.8, 4) is 5.13 Å². The number of methoxy groups -OCH3 is 1. The van der Waals surface area contributed by atoms with Crippen LogP contribution in [0.25, 0.3) is 15.3 Å². The molecular weight excluding hydrogens is 402 g/mol. The number of esters is 1. The largest absolute Gasteiger partial charge is 0.469 e. The molecule has 0 atom stereocenters. The summed E-state index contributed by atoms with van der Waals surface area (Å²) in [5.74, 6) is 0.0269. The number of aromatic nitrogens is 4. The lowest BCUT2D eigenvalue weighted by atomic mass is 10.1. The summed E-state index contributed by atoms with van der Waals surface area (Å²) in [5, 5.41) is 3.51. The Labute approximate surface area is 175 Å². The Kier molecular flexibility index (Phi) is 5.28. The number of carbonyl (C=O) groups excluding carboxylic acids is 1. The molecule has 0 bridgehead atoms. The number of carbonyl (C=O) groups is 1. The first-order valence-electron chi connectivity index (χ1n) is 9.22. The molecule has 1 N–H and O–H groups in total. The van der Waals surface area contributed by atoms with E-state index in [0.29, 0.717) is 27.9 Å². The fourth-order valence-corrected chi connectivity index (χ4v) is 4.03. The Morgan fingerprint density at radius 3 is 2.73 bits per heavy atom. The predicted molar refractivity (Wildman–Crippen MR) is 116 cm³/mol. The molecule has 0 saturated heterocycles. The van der Waals surface area contributed by atoms with Crippen LogP contribution >= 0.6 is 11.3 Å². The van der Waals surface area contributed by atoms with Gasteiger partial charge in [0, 0.05) is 5.69 Å². The smallest absolute Gasteiger partial charge is 0.311 e. The Morgan fingerprint density at radius 2 is 2.00 bits per heavy atom. The number of para-hydroxylation sites is 1. The van der Waals surface area contributed by atoms with Gasteiger partial charge in [0.05, 0.1) is 40.7 Å². The third kappa shape index (κ3) is 3.79. The number of rotatable bonds is 5. The maximum absolute atomic E-state index is 13.3. The van der Waals surface area contributed by atoms with Crippen molar-refractivity contribution in [2.75, 3.05) is 7.11 Å². The van der Waals surface area contributed by atoms with Crippen LogP contribution < -0.4 is 5.56 Å². The van der Waals surface area contributed by atoms with Gasteiger partial charge in [-0.1, -0.05) is 29.5 Å². The van der Waals surface area contributed by atoms with Crippen LogP contribution in [0.1, 0.15) is 23.9 Å². The summed E-state index contributed by atoms with van der Waals surface area (Å²) >= 11 is 1.38. The summed E-state index contributed by atoms with van der Waals surface area (Å²) in [4.78, 5) is 38.6. The number of nitrogens with one attached hydrogen (secondary N) is 1. The zero-order valence-electron chi connectivity index (χ0n) is 16.7. The van der Waals surface area contributed by atoms with E-state index in [1.54, 1.807) is 13.0 Å². The number of H-pyrrole nitrogens is 1. The highest BCUT2D eigenvalue weighted by Gasteiger charge is 2.22. The van der Waals surface area contributed by atoms with Crippen molar-refractivity contribution in [3.63, 3.8) is 0 Å². The molecule has 152 valence electrons. The summed E-state index contributed by atoms with van der Waals surface area (Å²) in [6, 6.07) is 13.1. The predicted octanol–water partition coefficient (Wildman–Crippen LogP) is 3.33. The topological polar surface area (TPSA) is 102 Å². The fourth-order valence-electron chi connectivity index (χ4n) is 3.11. The summed E-state index contributed by atoms with van der Waals surface area (Å²) < 4.78 is 7.10. The van der Waals surface area contributed by atoms with Gasteiger partial charge in [-0.05, 0) is 38.1 Å². The Hall–Kier alpha value is -3.59. The number of pyridine rings is 1. The highest BCUT2D eigenvalue weighted by molar-refractivity contribution is 7.20. The van der Waals surface area contributed by atoms with Crippen LogP contribution in [0, 0.1) is 6.92 Å². The standard InChI is InChI=1S/C21H19N5O3S/c1-12-7-6-10-17(22-12)23-13(2)19-15(11-18(27)29-3)25-26(20(19)28)21-24-14-8-4-5-9-16(14)30-21/h4-10,25H,11H2,1-3H3/b23-13-. The quantitative estimate of drug-likeness (QED) is 0.393. The van der Waals surface area contributed by atoms with Gasteiger partial charge in [-0.15, -0.1) is 0 Å². The van der Waals surface area contributed by atoms with E-state index in [1.165, 1.54) is 23.1 Å². The summed E-state index contributed by atoms with van der Waals surface area (Å²) in [6.07, 6.45) is -0.0902. The second kappa shape index (κ2) is 8.03. The summed E-state index contributed by atoms with van der Waals surface area (Å²) in [6.45, 7) is 3.59. The minimum atomic E-state index is -0.463. The first-order chi connectivity index (χ1) is 14.5. The summed E-state index contributed by atoms with van der Waals surface area (Å²) in [7, 11) is 1.31. The molecule has 8 nitrogen and oxygen atoms in total. The minimum Gasteiger partial charge on any atom is -0.469 e.